The number of nitrogens with one attached hydrogen (secondary N) is 2. The molecule has 0 aliphatic carbocycles. The van der Waals surface area contributed by atoms with Crippen LogP contribution in [0, 0.1) is 0 Å². The SMILES string of the molecule is COc1cccc(NC(=O)NCc2ccncc2)c1. The van der Waals surface area contributed by atoms with Crippen molar-refractivity contribution in [3.63, 3.8) is 0 Å². The maximum atomic E-state index is 11.7. The van der Waals surface area contributed by atoms with Gasteiger partial charge in [-0.25, -0.2) is 4.79 Å². The Balaban J connectivity index is 1.87. The zero-order valence-corrected chi connectivity index (χ0v) is 10.6. The normalized spacial score (nSPS) is 9.74. The Morgan fingerprint density at radius 2 is 2.05 bits per heavy atom. The molecule has 2 N–H and O–H groups in total. The van der Waals surface area contributed by atoms with Gasteiger partial charge < -0.3 is 15.4 Å². The van der Waals surface area contributed by atoms with Crippen molar-refractivity contribution < 1.29 is 9.53 Å². The number of hydrogen-bond acceptors (Lipinski definition) is 3. The van der Waals surface area contributed by atoms with Crippen molar-refractivity contribution in [1.82, 2.24) is 10.3 Å². The predicted octanol–water partition coefficient (Wildman–Crippen LogP) is 2.41. The molecule has 0 radical (unpaired) electrons. The van der Waals surface area contributed by atoms with Crippen LogP contribution < -0.4 is 15.4 Å². The average molecular weight is 257 g/mol. The maximum absolute atomic E-state index is 11.7. The molecule has 5 heteroatoms. The highest BCUT2D eigenvalue weighted by Gasteiger charge is 2.02. The fraction of sp³-hybridized carbons (Fsp3) is 0.143. The minimum Gasteiger partial charge on any atom is -0.497 e. The van der Waals surface area contributed by atoms with E-state index in [9.17, 15) is 4.79 Å². The molecule has 5 nitrogen and oxygen atoms in total. The fourth-order valence-electron chi connectivity index (χ4n) is 1.56. The minimum atomic E-state index is -0.259. The van der Waals surface area contributed by atoms with Gasteiger partial charge in [-0.15, -0.1) is 0 Å². The largest absolute Gasteiger partial charge is 0.497 e. The molecule has 0 fully saturated rings. The summed E-state index contributed by atoms with van der Waals surface area (Å²) in [6.07, 6.45) is 3.38. The molecular weight excluding hydrogens is 242 g/mol. The number of nitrogens with zero attached hydrogens (tertiary/aromatic N) is 1. The number of urea groups is 1. The second-order valence-corrected chi connectivity index (χ2v) is 3.90. The molecule has 1 aromatic heterocycles. The van der Waals surface area contributed by atoms with Crippen LogP contribution in [0.1, 0.15) is 5.56 Å². The molecule has 0 aliphatic heterocycles. The van der Waals surface area contributed by atoms with Crippen LogP contribution in [0.25, 0.3) is 0 Å². The fourth-order valence-corrected chi connectivity index (χ4v) is 1.56. The number of methoxy groups -OCH3 is 1. The first-order valence-corrected chi connectivity index (χ1v) is 5.86. The topological polar surface area (TPSA) is 63.2 Å². The lowest BCUT2D eigenvalue weighted by Gasteiger charge is -2.08. The van der Waals surface area contributed by atoms with E-state index >= 15 is 0 Å². The third-order valence-electron chi connectivity index (χ3n) is 2.53. The van der Waals surface area contributed by atoms with Crippen LogP contribution in [0.15, 0.2) is 48.8 Å². The lowest BCUT2D eigenvalue weighted by atomic mass is 10.3. The number of ether oxygens (including phenoxy) is 1. The van der Waals surface area contributed by atoms with Gasteiger partial charge in [0.25, 0.3) is 0 Å². The van der Waals surface area contributed by atoms with Crippen molar-refractivity contribution in [3.8, 4) is 5.75 Å². The highest BCUT2D eigenvalue weighted by molar-refractivity contribution is 5.89. The molecule has 19 heavy (non-hydrogen) atoms. The molecular formula is C14H15N3O2. The van der Waals surface area contributed by atoms with E-state index in [0.29, 0.717) is 18.0 Å². The van der Waals surface area contributed by atoms with Gasteiger partial charge >= 0.3 is 6.03 Å². The van der Waals surface area contributed by atoms with Crippen molar-refractivity contribution >= 4 is 11.7 Å². The molecule has 2 amide bonds. The van der Waals surface area contributed by atoms with Crippen LogP contribution in [-0.4, -0.2) is 18.1 Å². The van der Waals surface area contributed by atoms with E-state index in [1.807, 2.05) is 24.3 Å². The lowest BCUT2D eigenvalue weighted by molar-refractivity contribution is 0.251. The first-order valence-electron chi connectivity index (χ1n) is 5.86. The quantitative estimate of drug-likeness (QED) is 0.884. The van der Waals surface area contributed by atoms with Crippen molar-refractivity contribution in [1.29, 1.82) is 0 Å². The van der Waals surface area contributed by atoms with Crippen LogP contribution >= 0.6 is 0 Å². The third-order valence-corrected chi connectivity index (χ3v) is 2.53. The molecule has 0 aliphatic rings. The first kappa shape index (κ1) is 12.9. The number of amides is 2. The number of hydrogen-bond donors (Lipinski definition) is 2. The summed E-state index contributed by atoms with van der Waals surface area (Å²) in [7, 11) is 1.59. The van der Waals surface area contributed by atoms with Crippen molar-refractivity contribution in [2.45, 2.75) is 6.54 Å². The lowest BCUT2D eigenvalue weighted by Crippen LogP contribution is -2.28. The number of carbonyl (C=O) groups excluding carboxylic acids is 1. The smallest absolute Gasteiger partial charge is 0.319 e. The van der Waals surface area contributed by atoms with Gasteiger partial charge in [0.2, 0.25) is 0 Å². The second-order valence-electron chi connectivity index (χ2n) is 3.90. The summed E-state index contributed by atoms with van der Waals surface area (Å²) in [4.78, 5) is 15.6. The Labute approximate surface area is 111 Å². The van der Waals surface area contributed by atoms with Crippen molar-refractivity contribution in [2.24, 2.45) is 0 Å². The summed E-state index contributed by atoms with van der Waals surface area (Å²) in [5.41, 5.74) is 1.68. The number of aromatic nitrogens is 1. The number of benzene rings is 1. The Bertz CT molecular complexity index is 543. The Morgan fingerprint density at radius 1 is 1.26 bits per heavy atom. The molecule has 0 atom stereocenters. The molecule has 98 valence electrons. The molecule has 0 unspecified atom stereocenters. The van der Waals surface area contributed by atoms with Crippen LogP contribution in [-0.2, 0) is 6.54 Å². The van der Waals surface area contributed by atoms with E-state index in [2.05, 4.69) is 15.6 Å². The zero-order valence-electron chi connectivity index (χ0n) is 10.6. The highest BCUT2D eigenvalue weighted by Crippen LogP contribution is 2.16. The second kappa shape index (κ2) is 6.39. The van der Waals surface area contributed by atoms with Crippen LogP contribution in [0.4, 0.5) is 10.5 Å². The van der Waals surface area contributed by atoms with E-state index in [0.717, 1.165) is 5.56 Å². The Kier molecular flexibility index (Phi) is 4.34. The van der Waals surface area contributed by atoms with Gasteiger partial charge in [-0.2, -0.15) is 0 Å². The van der Waals surface area contributed by atoms with Crippen LogP contribution in [0.3, 0.4) is 0 Å². The number of anilines is 1. The molecule has 0 spiro atoms. The van der Waals surface area contributed by atoms with E-state index in [1.54, 1.807) is 31.6 Å². The number of rotatable bonds is 4. The van der Waals surface area contributed by atoms with E-state index < -0.39 is 0 Å². The van der Waals surface area contributed by atoms with E-state index in [-0.39, 0.29) is 6.03 Å². The molecule has 1 aromatic carbocycles. The van der Waals surface area contributed by atoms with Gasteiger partial charge in [-0.05, 0) is 29.8 Å². The summed E-state index contributed by atoms with van der Waals surface area (Å²) < 4.78 is 5.09. The average Bonchev–Trinajstić information content (AvgIpc) is 2.46. The van der Waals surface area contributed by atoms with Gasteiger partial charge in [-0.1, -0.05) is 6.07 Å². The predicted molar refractivity (Wildman–Crippen MR) is 73.1 cm³/mol. The number of pyridine rings is 1. The van der Waals surface area contributed by atoms with E-state index in [1.165, 1.54) is 0 Å². The Hall–Kier alpha value is -2.56. The van der Waals surface area contributed by atoms with Gasteiger partial charge in [0.1, 0.15) is 5.75 Å². The summed E-state index contributed by atoms with van der Waals surface area (Å²) in [6, 6.07) is 10.6. The summed E-state index contributed by atoms with van der Waals surface area (Å²) in [5, 5.41) is 5.51. The third kappa shape index (κ3) is 3.99. The first-order chi connectivity index (χ1) is 9.28. The molecule has 2 aromatic rings. The van der Waals surface area contributed by atoms with Gasteiger partial charge in [-0.3, -0.25) is 4.98 Å². The number of carbonyl (C=O) groups is 1. The Morgan fingerprint density at radius 3 is 2.79 bits per heavy atom. The molecule has 2 rings (SSSR count). The van der Waals surface area contributed by atoms with Gasteiger partial charge in [0, 0.05) is 30.7 Å². The zero-order chi connectivity index (χ0) is 13.5. The van der Waals surface area contributed by atoms with Crippen LogP contribution in [0.5, 0.6) is 5.75 Å². The highest BCUT2D eigenvalue weighted by atomic mass is 16.5. The van der Waals surface area contributed by atoms with Crippen molar-refractivity contribution in [3.05, 3.63) is 54.4 Å². The minimum absolute atomic E-state index is 0.259. The standard InChI is InChI=1S/C14H15N3O2/c1-19-13-4-2-3-12(9-13)17-14(18)16-10-11-5-7-15-8-6-11/h2-9H,10H2,1H3,(H2,16,17,18). The molecule has 0 saturated heterocycles. The molecule has 0 saturated carbocycles. The van der Waals surface area contributed by atoms with Crippen molar-refractivity contribution in [2.75, 3.05) is 12.4 Å². The van der Waals surface area contributed by atoms with Gasteiger partial charge in [0.15, 0.2) is 0 Å². The maximum Gasteiger partial charge on any atom is 0.319 e. The van der Waals surface area contributed by atoms with Gasteiger partial charge in [0.05, 0.1) is 7.11 Å². The summed E-state index contributed by atoms with van der Waals surface area (Å²) in [6.45, 7) is 0.457. The molecule has 1 heterocycles. The molecule has 0 bridgehead atoms. The summed E-state index contributed by atoms with van der Waals surface area (Å²) in [5.74, 6) is 0.701. The monoisotopic (exact) mass is 257 g/mol. The summed E-state index contributed by atoms with van der Waals surface area (Å²) >= 11 is 0. The van der Waals surface area contributed by atoms with Crippen LogP contribution in [0.2, 0.25) is 0 Å². The van der Waals surface area contributed by atoms with E-state index in [4.69, 9.17) is 4.74 Å².